The van der Waals surface area contributed by atoms with Gasteiger partial charge < -0.3 is 10.6 Å². The molecule has 0 bridgehead atoms. The number of unbranched alkanes of at least 4 members (excludes halogenated alkanes) is 2. The molecular weight excluding hydrogens is 236 g/mol. The summed E-state index contributed by atoms with van der Waals surface area (Å²) in [5, 5.41) is 6.58. The molecule has 0 aliphatic heterocycles. The second-order valence-electron chi connectivity index (χ2n) is 3.94. The van der Waals surface area contributed by atoms with E-state index in [-0.39, 0.29) is 5.91 Å². The smallest absolute Gasteiger partial charge is 0.238 e. The van der Waals surface area contributed by atoms with E-state index in [0.29, 0.717) is 11.6 Å². The summed E-state index contributed by atoms with van der Waals surface area (Å²) in [6.45, 7) is 3.40. The highest BCUT2D eigenvalue weighted by Crippen LogP contribution is 2.12. The van der Waals surface area contributed by atoms with Crippen LogP contribution in [0.25, 0.3) is 0 Å². The van der Waals surface area contributed by atoms with E-state index in [1.807, 2.05) is 0 Å². The van der Waals surface area contributed by atoms with Crippen LogP contribution >= 0.6 is 11.6 Å². The van der Waals surface area contributed by atoms with Crippen LogP contribution < -0.4 is 10.6 Å². The average Bonchev–Trinajstić information content (AvgIpc) is 2.32. The zero-order chi connectivity index (χ0) is 12.5. The number of hydrogen-bond donors (Lipinski definition) is 2. The number of rotatable bonds is 7. The van der Waals surface area contributed by atoms with E-state index in [2.05, 4.69) is 17.6 Å². The van der Waals surface area contributed by atoms with E-state index >= 15 is 0 Å². The third-order valence-electron chi connectivity index (χ3n) is 2.37. The Morgan fingerprint density at radius 2 is 1.94 bits per heavy atom. The van der Waals surface area contributed by atoms with E-state index in [0.717, 1.165) is 18.7 Å². The minimum atomic E-state index is -0.0242. The lowest BCUT2D eigenvalue weighted by molar-refractivity contribution is -0.115. The Bertz CT molecular complexity index is 338. The van der Waals surface area contributed by atoms with Crippen molar-refractivity contribution in [3.05, 3.63) is 29.3 Å². The molecule has 0 atom stereocenters. The molecule has 0 unspecified atom stereocenters. The van der Waals surface area contributed by atoms with E-state index in [4.69, 9.17) is 11.6 Å². The highest BCUT2D eigenvalue weighted by molar-refractivity contribution is 6.30. The molecule has 0 heterocycles. The molecule has 2 N–H and O–H groups in total. The van der Waals surface area contributed by atoms with Gasteiger partial charge in [-0.2, -0.15) is 0 Å². The van der Waals surface area contributed by atoms with Crippen LogP contribution in [0.1, 0.15) is 26.2 Å². The lowest BCUT2D eigenvalue weighted by Crippen LogP contribution is -2.28. The van der Waals surface area contributed by atoms with E-state index < -0.39 is 0 Å². The molecule has 1 rings (SSSR count). The normalized spacial score (nSPS) is 10.2. The van der Waals surface area contributed by atoms with Crippen LogP contribution in [0.5, 0.6) is 0 Å². The lowest BCUT2D eigenvalue weighted by atomic mass is 10.2. The third kappa shape index (κ3) is 6.29. The standard InChI is InChI=1S/C13H19ClN2O/c1-2-3-4-9-15-10-13(17)16-12-7-5-11(14)6-8-12/h5-8,15H,2-4,9-10H2,1H3,(H,16,17). The highest BCUT2D eigenvalue weighted by atomic mass is 35.5. The summed E-state index contributed by atoms with van der Waals surface area (Å²) in [6.07, 6.45) is 3.51. The number of benzene rings is 1. The van der Waals surface area contributed by atoms with Crippen molar-refractivity contribution < 1.29 is 4.79 Å². The number of hydrogen-bond acceptors (Lipinski definition) is 2. The van der Waals surface area contributed by atoms with Gasteiger partial charge in [0.05, 0.1) is 6.54 Å². The van der Waals surface area contributed by atoms with Crippen LogP contribution in [-0.4, -0.2) is 19.0 Å². The van der Waals surface area contributed by atoms with Crippen LogP contribution in [0.15, 0.2) is 24.3 Å². The second-order valence-corrected chi connectivity index (χ2v) is 4.38. The van der Waals surface area contributed by atoms with Crippen LogP contribution in [0, 0.1) is 0 Å². The van der Waals surface area contributed by atoms with E-state index in [1.165, 1.54) is 12.8 Å². The van der Waals surface area contributed by atoms with Crippen molar-refractivity contribution in [2.45, 2.75) is 26.2 Å². The number of amides is 1. The molecule has 1 amide bonds. The second kappa shape index (κ2) is 8.09. The fourth-order valence-electron chi connectivity index (χ4n) is 1.44. The maximum absolute atomic E-state index is 11.5. The summed E-state index contributed by atoms with van der Waals surface area (Å²) >= 11 is 5.76. The molecular formula is C13H19ClN2O. The van der Waals surface area contributed by atoms with Crippen molar-refractivity contribution in [1.82, 2.24) is 5.32 Å². The first-order chi connectivity index (χ1) is 8.22. The van der Waals surface area contributed by atoms with Gasteiger partial charge in [0.2, 0.25) is 5.91 Å². The van der Waals surface area contributed by atoms with Crippen molar-refractivity contribution >= 4 is 23.2 Å². The van der Waals surface area contributed by atoms with Gasteiger partial charge in [0, 0.05) is 10.7 Å². The molecule has 0 radical (unpaired) electrons. The first-order valence-corrected chi connectivity index (χ1v) is 6.36. The van der Waals surface area contributed by atoms with Gasteiger partial charge in [0.1, 0.15) is 0 Å². The van der Waals surface area contributed by atoms with Gasteiger partial charge in [-0.1, -0.05) is 31.4 Å². The zero-order valence-electron chi connectivity index (χ0n) is 10.1. The first-order valence-electron chi connectivity index (χ1n) is 5.98. The molecule has 0 spiro atoms. The Morgan fingerprint density at radius 1 is 1.24 bits per heavy atom. The Morgan fingerprint density at radius 3 is 2.59 bits per heavy atom. The Hall–Kier alpha value is -1.06. The Labute approximate surface area is 108 Å². The van der Waals surface area contributed by atoms with Crippen LogP contribution in [0.3, 0.4) is 0 Å². The summed E-state index contributed by atoms with van der Waals surface area (Å²) in [7, 11) is 0. The maximum Gasteiger partial charge on any atom is 0.238 e. The van der Waals surface area contributed by atoms with Crippen molar-refractivity contribution in [1.29, 1.82) is 0 Å². The Kier molecular flexibility index (Phi) is 6.67. The van der Waals surface area contributed by atoms with Crippen molar-refractivity contribution in [2.24, 2.45) is 0 Å². The molecule has 17 heavy (non-hydrogen) atoms. The molecule has 1 aromatic carbocycles. The van der Waals surface area contributed by atoms with Gasteiger partial charge in [-0.25, -0.2) is 0 Å². The SMILES string of the molecule is CCCCCNCC(=O)Nc1ccc(Cl)cc1. The van der Waals surface area contributed by atoms with Gasteiger partial charge in [-0.05, 0) is 37.2 Å². The number of nitrogens with one attached hydrogen (secondary N) is 2. The van der Waals surface area contributed by atoms with Crippen LogP contribution in [-0.2, 0) is 4.79 Å². The lowest BCUT2D eigenvalue weighted by Gasteiger charge is -2.06. The largest absolute Gasteiger partial charge is 0.325 e. The predicted octanol–water partition coefficient (Wildman–Crippen LogP) is 3.06. The molecule has 0 aromatic heterocycles. The topological polar surface area (TPSA) is 41.1 Å². The Balaban J connectivity index is 2.18. The average molecular weight is 255 g/mol. The summed E-state index contributed by atoms with van der Waals surface area (Å²) in [6, 6.07) is 7.09. The van der Waals surface area contributed by atoms with Crippen molar-refractivity contribution in [2.75, 3.05) is 18.4 Å². The number of carbonyl (C=O) groups is 1. The highest BCUT2D eigenvalue weighted by Gasteiger charge is 2.01. The quantitative estimate of drug-likeness (QED) is 0.735. The fraction of sp³-hybridized carbons (Fsp3) is 0.462. The minimum absolute atomic E-state index is 0.0242. The minimum Gasteiger partial charge on any atom is -0.325 e. The van der Waals surface area contributed by atoms with E-state index in [9.17, 15) is 4.79 Å². The van der Waals surface area contributed by atoms with Gasteiger partial charge in [0.25, 0.3) is 0 Å². The van der Waals surface area contributed by atoms with Crippen molar-refractivity contribution in [3.8, 4) is 0 Å². The molecule has 3 nitrogen and oxygen atoms in total. The molecule has 0 aliphatic rings. The molecule has 0 saturated carbocycles. The molecule has 0 aliphatic carbocycles. The summed E-state index contributed by atoms with van der Waals surface area (Å²) in [5.74, 6) is -0.0242. The number of halogens is 1. The molecule has 4 heteroatoms. The maximum atomic E-state index is 11.5. The number of carbonyl (C=O) groups excluding carboxylic acids is 1. The van der Waals surface area contributed by atoms with Crippen molar-refractivity contribution in [3.63, 3.8) is 0 Å². The van der Waals surface area contributed by atoms with Crippen LogP contribution in [0.4, 0.5) is 5.69 Å². The van der Waals surface area contributed by atoms with Crippen LogP contribution in [0.2, 0.25) is 5.02 Å². The van der Waals surface area contributed by atoms with Gasteiger partial charge in [-0.15, -0.1) is 0 Å². The summed E-state index contributed by atoms with van der Waals surface area (Å²) in [4.78, 5) is 11.5. The van der Waals surface area contributed by atoms with E-state index in [1.54, 1.807) is 24.3 Å². The molecule has 1 aromatic rings. The monoisotopic (exact) mass is 254 g/mol. The summed E-state index contributed by atoms with van der Waals surface area (Å²) in [5.41, 5.74) is 0.773. The third-order valence-corrected chi connectivity index (χ3v) is 2.62. The molecule has 94 valence electrons. The fourth-order valence-corrected chi connectivity index (χ4v) is 1.57. The number of anilines is 1. The first kappa shape index (κ1) is 14.0. The molecule has 0 fully saturated rings. The summed E-state index contributed by atoms with van der Waals surface area (Å²) < 4.78 is 0. The zero-order valence-corrected chi connectivity index (χ0v) is 10.9. The van der Waals surface area contributed by atoms with Gasteiger partial charge in [0.15, 0.2) is 0 Å². The van der Waals surface area contributed by atoms with Gasteiger partial charge >= 0.3 is 0 Å². The molecule has 0 saturated heterocycles. The predicted molar refractivity (Wildman–Crippen MR) is 72.5 cm³/mol. The van der Waals surface area contributed by atoms with Gasteiger partial charge in [-0.3, -0.25) is 4.79 Å².